The Morgan fingerprint density at radius 3 is 2.18 bits per heavy atom. The van der Waals surface area contributed by atoms with Crippen molar-refractivity contribution in [1.82, 2.24) is 0 Å². The highest BCUT2D eigenvalue weighted by molar-refractivity contribution is 6.44. The Kier molecular flexibility index (Phi) is 5.06. The van der Waals surface area contributed by atoms with Gasteiger partial charge in [0.2, 0.25) is 0 Å². The molecule has 4 rings (SSSR count). The second-order valence-electron chi connectivity index (χ2n) is 6.71. The van der Waals surface area contributed by atoms with Gasteiger partial charge in [-0.3, -0.25) is 9.59 Å². The van der Waals surface area contributed by atoms with Crippen LogP contribution in [0.25, 0.3) is 0 Å². The molecule has 0 atom stereocenters. The number of nitrogens with one attached hydrogen (secondary N) is 2. The van der Waals surface area contributed by atoms with Crippen molar-refractivity contribution in [1.29, 1.82) is 0 Å². The van der Waals surface area contributed by atoms with Gasteiger partial charge in [-0.1, -0.05) is 36.4 Å². The van der Waals surface area contributed by atoms with Crippen molar-refractivity contribution >= 4 is 34.6 Å². The third-order valence-corrected chi connectivity index (χ3v) is 4.75. The summed E-state index contributed by atoms with van der Waals surface area (Å²) in [5, 5.41) is 5.98. The first kappa shape index (κ1) is 17.8. The van der Waals surface area contributed by atoms with Gasteiger partial charge >= 0.3 is 11.8 Å². The number of hydrogen-bond donors (Lipinski definition) is 2. The fourth-order valence-corrected chi connectivity index (χ4v) is 3.38. The van der Waals surface area contributed by atoms with E-state index in [2.05, 4.69) is 10.6 Å². The lowest BCUT2D eigenvalue weighted by atomic mass is 10.0. The molecule has 0 spiro atoms. The number of carbonyl (C=O) groups excluding carboxylic acids is 2. The summed E-state index contributed by atoms with van der Waals surface area (Å²) in [6, 6.07) is 24.9. The zero-order valence-corrected chi connectivity index (χ0v) is 15.4. The third-order valence-electron chi connectivity index (χ3n) is 4.75. The lowest BCUT2D eigenvalue weighted by Crippen LogP contribution is -2.42. The van der Waals surface area contributed by atoms with Gasteiger partial charge in [-0.25, -0.2) is 0 Å². The van der Waals surface area contributed by atoms with Crippen LogP contribution >= 0.6 is 0 Å². The molecule has 0 fully saturated rings. The third kappa shape index (κ3) is 3.88. The van der Waals surface area contributed by atoms with E-state index in [0.29, 0.717) is 12.2 Å². The predicted octanol–water partition coefficient (Wildman–Crippen LogP) is 4.35. The number of aryl methyl sites for hydroxylation is 1. The summed E-state index contributed by atoms with van der Waals surface area (Å²) in [5.41, 5.74) is 4.41. The van der Waals surface area contributed by atoms with Gasteiger partial charge in [0, 0.05) is 29.3 Å². The molecule has 0 radical (unpaired) electrons. The second-order valence-corrected chi connectivity index (χ2v) is 6.71. The van der Waals surface area contributed by atoms with Crippen LogP contribution in [-0.4, -0.2) is 18.4 Å². The van der Waals surface area contributed by atoms with Gasteiger partial charge in [0.15, 0.2) is 0 Å². The van der Waals surface area contributed by atoms with Crippen molar-refractivity contribution in [2.75, 3.05) is 22.1 Å². The van der Waals surface area contributed by atoms with Crippen LogP contribution in [0.1, 0.15) is 12.0 Å². The number of hydrogen-bond acceptors (Lipinski definition) is 3. The Morgan fingerprint density at radius 1 is 0.750 bits per heavy atom. The predicted molar refractivity (Wildman–Crippen MR) is 112 cm³/mol. The van der Waals surface area contributed by atoms with Crippen LogP contribution in [0.5, 0.6) is 0 Å². The molecule has 3 aromatic carbocycles. The maximum Gasteiger partial charge on any atom is 0.316 e. The van der Waals surface area contributed by atoms with Crippen LogP contribution in [-0.2, 0) is 16.0 Å². The zero-order valence-electron chi connectivity index (χ0n) is 15.4. The van der Waals surface area contributed by atoms with Crippen LogP contribution < -0.4 is 15.5 Å². The first-order valence-corrected chi connectivity index (χ1v) is 9.33. The molecule has 0 bridgehead atoms. The molecule has 0 saturated carbocycles. The van der Waals surface area contributed by atoms with E-state index >= 15 is 0 Å². The van der Waals surface area contributed by atoms with Crippen molar-refractivity contribution in [3.05, 3.63) is 84.4 Å². The molecule has 0 aliphatic carbocycles. The molecule has 5 nitrogen and oxygen atoms in total. The minimum atomic E-state index is -0.625. The number of carbonyl (C=O) groups is 2. The Balaban J connectivity index is 1.42. The summed E-state index contributed by atoms with van der Waals surface area (Å²) in [4.78, 5) is 26.7. The minimum Gasteiger partial charge on any atom is -0.356 e. The largest absolute Gasteiger partial charge is 0.356 e. The smallest absolute Gasteiger partial charge is 0.316 e. The molecular weight excluding hydrogens is 350 g/mol. The lowest BCUT2D eigenvalue weighted by molar-refractivity contribution is -0.134. The summed E-state index contributed by atoms with van der Waals surface area (Å²) in [6.07, 6.45) is 1.79. The highest BCUT2D eigenvalue weighted by atomic mass is 16.2. The van der Waals surface area contributed by atoms with Gasteiger partial charge in [-0.05, 0) is 60.9 Å². The number of fused-ring (bicyclic) bond motifs is 1. The van der Waals surface area contributed by atoms with E-state index in [4.69, 9.17) is 0 Å². The molecule has 2 amide bonds. The first-order valence-electron chi connectivity index (χ1n) is 9.33. The van der Waals surface area contributed by atoms with Crippen LogP contribution in [0.15, 0.2) is 78.9 Å². The topological polar surface area (TPSA) is 61.4 Å². The molecule has 28 heavy (non-hydrogen) atoms. The molecule has 5 heteroatoms. The first-order chi connectivity index (χ1) is 13.7. The van der Waals surface area contributed by atoms with Gasteiger partial charge in [0.05, 0.1) is 0 Å². The maximum atomic E-state index is 12.7. The van der Waals surface area contributed by atoms with Gasteiger partial charge in [-0.2, -0.15) is 0 Å². The van der Waals surface area contributed by atoms with Crippen LogP contribution in [0.3, 0.4) is 0 Å². The van der Waals surface area contributed by atoms with Crippen LogP contribution in [0.4, 0.5) is 22.7 Å². The van der Waals surface area contributed by atoms with Gasteiger partial charge in [0.1, 0.15) is 0 Å². The highest BCUT2D eigenvalue weighted by Crippen LogP contribution is 2.27. The van der Waals surface area contributed by atoms with Gasteiger partial charge in [-0.15, -0.1) is 0 Å². The van der Waals surface area contributed by atoms with E-state index < -0.39 is 11.8 Å². The van der Waals surface area contributed by atoms with Crippen molar-refractivity contribution in [2.24, 2.45) is 0 Å². The normalized spacial score (nSPS) is 12.8. The Labute approximate surface area is 164 Å². The van der Waals surface area contributed by atoms with E-state index in [1.807, 2.05) is 66.7 Å². The Morgan fingerprint density at radius 2 is 1.39 bits per heavy atom. The summed E-state index contributed by atoms with van der Waals surface area (Å²) in [5.74, 6) is -1.15. The van der Waals surface area contributed by atoms with Gasteiger partial charge < -0.3 is 15.5 Å². The number of amides is 2. The Bertz CT molecular complexity index is 984. The van der Waals surface area contributed by atoms with Crippen molar-refractivity contribution < 1.29 is 9.59 Å². The van der Waals surface area contributed by atoms with E-state index in [-0.39, 0.29) is 0 Å². The quantitative estimate of drug-likeness (QED) is 0.673. The number of anilines is 4. The Hall–Kier alpha value is -3.60. The number of benzene rings is 3. The average Bonchev–Trinajstić information content (AvgIpc) is 2.75. The number of rotatable bonds is 3. The zero-order chi connectivity index (χ0) is 19.3. The van der Waals surface area contributed by atoms with Crippen molar-refractivity contribution in [3.63, 3.8) is 0 Å². The fourth-order valence-electron chi connectivity index (χ4n) is 3.38. The fraction of sp³-hybridized carbons (Fsp3) is 0.130. The second kappa shape index (κ2) is 7.96. The molecule has 1 aliphatic rings. The lowest BCUT2D eigenvalue weighted by Gasteiger charge is -2.28. The summed E-state index contributed by atoms with van der Waals surface area (Å²) >= 11 is 0. The van der Waals surface area contributed by atoms with Crippen LogP contribution in [0.2, 0.25) is 0 Å². The number of para-hydroxylation sites is 2. The van der Waals surface area contributed by atoms with E-state index in [9.17, 15) is 9.59 Å². The summed E-state index contributed by atoms with van der Waals surface area (Å²) < 4.78 is 0. The molecule has 0 unspecified atom stereocenters. The standard InChI is InChI=1S/C23H21N3O2/c27-22(23(28)26-16-6-8-17-7-4-5-11-21(17)26)25-20-14-12-19(13-15-20)24-18-9-2-1-3-10-18/h1-5,7,9-15,24H,6,8,16H2,(H,25,27). The monoisotopic (exact) mass is 371 g/mol. The van der Waals surface area contributed by atoms with E-state index in [1.54, 1.807) is 17.0 Å². The minimum absolute atomic E-state index is 0.529. The molecule has 140 valence electrons. The number of nitrogens with zero attached hydrogens (tertiary/aromatic N) is 1. The SMILES string of the molecule is O=C(Nc1ccc(Nc2ccccc2)cc1)C(=O)N1CCCc2ccccc21. The molecule has 0 saturated heterocycles. The summed E-state index contributed by atoms with van der Waals surface area (Å²) in [6.45, 7) is 0.559. The van der Waals surface area contributed by atoms with Crippen molar-refractivity contribution in [3.8, 4) is 0 Å². The van der Waals surface area contributed by atoms with E-state index in [0.717, 1.165) is 35.5 Å². The average molecular weight is 371 g/mol. The molecule has 2 N–H and O–H groups in total. The highest BCUT2D eigenvalue weighted by Gasteiger charge is 2.27. The molecular formula is C23H21N3O2. The summed E-state index contributed by atoms with van der Waals surface area (Å²) in [7, 11) is 0. The molecule has 0 aromatic heterocycles. The maximum absolute atomic E-state index is 12.7. The molecule has 1 aliphatic heterocycles. The van der Waals surface area contributed by atoms with E-state index in [1.165, 1.54) is 0 Å². The molecule has 3 aromatic rings. The van der Waals surface area contributed by atoms with Crippen LogP contribution in [0, 0.1) is 0 Å². The van der Waals surface area contributed by atoms with Crippen molar-refractivity contribution in [2.45, 2.75) is 12.8 Å². The van der Waals surface area contributed by atoms with Gasteiger partial charge in [0.25, 0.3) is 0 Å². The molecule has 1 heterocycles.